The first-order valence-corrected chi connectivity index (χ1v) is 7.10. The molecule has 1 atom stereocenters. The number of nitrogens with zero attached hydrogens (tertiary/aromatic N) is 4. The number of fused-ring (bicyclic) bond motifs is 1. The average Bonchev–Trinajstić information content (AvgIpc) is 2.83. The summed E-state index contributed by atoms with van der Waals surface area (Å²) < 4.78 is 1.91. The van der Waals surface area contributed by atoms with E-state index in [9.17, 15) is 5.11 Å². The Balaban J connectivity index is 2.18. The molecule has 0 bridgehead atoms. The highest BCUT2D eigenvalue weighted by atomic mass is 16.3. The van der Waals surface area contributed by atoms with Crippen molar-refractivity contribution in [1.82, 2.24) is 19.3 Å². The Kier molecular flexibility index (Phi) is 4.64. The van der Waals surface area contributed by atoms with Gasteiger partial charge < -0.3 is 25.0 Å². The molecule has 0 fully saturated rings. The Hall–Kier alpha value is -1.86. The number of hydrogen-bond acceptors (Lipinski definition) is 6. The van der Waals surface area contributed by atoms with Crippen molar-refractivity contribution >= 4 is 17.3 Å². The Bertz CT molecular complexity index is 592. The van der Waals surface area contributed by atoms with Gasteiger partial charge in [-0.05, 0) is 27.9 Å². The van der Waals surface area contributed by atoms with Gasteiger partial charge in [-0.25, -0.2) is 9.97 Å². The van der Waals surface area contributed by atoms with Gasteiger partial charge in [0.15, 0.2) is 11.5 Å². The van der Waals surface area contributed by atoms with Crippen molar-refractivity contribution in [3.05, 3.63) is 18.6 Å². The average molecular weight is 292 g/mol. The third-order valence-electron chi connectivity index (χ3n) is 3.03. The maximum Gasteiger partial charge on any atom is 0.180 e. The first kappa shape index (κ1) is 15.5. The highest BCUT2D eigenvalue weighted by Gasteiger charge is 2.22. The van der Waals surface area contributed by atoms with Crippen LogP contribution in [0, 0.1) is 0 Å². The minimum absolute atomic E-state index is 0.399. The normalized spacial score (nSPS) is 14.4. The van der Waals surface area contributed by atoms with Gasteiger partial charge in [0.25, 0.3) is 0 Å². The second-order valence-corrected chi connectivity index (χ2v) is 5.75. The molecule has 0 radical (unpaired) electrons. The molecular weight excluding hydrogens is 268 g/mol. The van der Waals surface area contributed by atoms with E-state index >= 15 is 0 Å². The summed E-state index contributed by atoms with van der Waals surface area (Å²) in [6.07, 6.45) is 5.51. The molecule has 0 aliphatic carbocycles. The minimum atomic E-state index is -0.844. The van der Waals surface area contributed by atoms with Crippen LogP contribution in [-0.2, 0) is 0 Å². The number of rotatable bonds is 7. The monoisotopic (exact) mass is 292 g/mol. The largest absolute Gasteiger partial charge is 0.387 e. The maximum atomic E-state index is 10.4. The standard InChI is InChI=1S/C14H24N6O/c1-5-15-11-8-20-7-6-16-13(20)12(18-11)17-9-14(2,21)10-19(3)4/h6-8,15,21H,5,9-10H2,1-4H3,(H,17,18). The second kappa shape index (κ2) is 6.28. The van der Waals surface area contributed by atoms with E-state index in [-0.39, 0.29) is 0 Å². The summed E-state index contributed by atoms with van der Waals surface area (Å²) in [5, 5.41) is 16.8. The lowest BCUT2D eigenvalue weighted by atomic mass is 10.1. The summed E-state index contributed by atoms with van der Waals surface area (Å²) >= 11 is 0. The third-order valence-corrected chi connectivity index (χ3v) is 3.03. The van der Waals surface area contributed by atoms with Crippen LogP contribution in [0.2, 0.25) is 0 Å². The van der Waals surface area contributed by atoms with Gasteiger partial charge in [-0.15, -0.1) is 0 Å². The fourth-order valence-corrected chi connectivity index (χ4v) is 2.33. The van der Waals surface area contributed by atoms with Crippen LogP contribution in [0.25, 0.3) is 5.65 Å². The lowest BCUT2D eigenvalue weighted by Crippen LogP contribution is -2.43. The zero-order valence-corrected chi connectivity index (χ0v) is 13.1. The summed E-state index contributed by atoms with van der Waals surface area (Å²) in [7, 11) is 3.87. The number of hydrogen-bond donors (Lipinski definition) is 3. The predicted octanol–water partition coefficient (Wildman–Crippen LogP) is 0.886. The van der Waals surface area contributed by atoms with Crippen LogP contribution < -0.4 is 10.6 Å². The molecule has 21 heavy (non-hydrogen) atoms. The van der Waals surface area contributed by atoms with Crippen molar-refractivity contribution in [3.8, 4) is 0 Å². The predicted molar refractivity (Wildman–Crippen MR) is 84.8 cm³/mol. The van der Waals surface area contributed by atoms with Gasteiger partial charge in [-0.1, -0.05) is 0 Å². The number of likely N-dealkylation sites (N-methyl/N-ethyl adjacent to an activating group) is 1. The number of aromatic nitrogens is 3. The summed E-state index contributed by atoms with van der Waals surface area (Å²) in [5.74, 6) is 1.44. The Morgan fingerprint density at radius 3 is 2.81 bits per heavy atom. The van der Waals surface area contributed by atoms with Crippen molar-refractivity contribution in [1.29, 1.82) is 0 Å². The van der Waals surface area contributed by atoms with Gasteiger partial charge in [0.2, 0.25) is 0 Å². The minimum Gasteiger partial charge on any atom is -0.387 e. The van der Waals surface area contributed by atoms with E-state index in [4.69, 9.17) is 0 Å². The van der Waals surface area contributed by atoms with E-state index in [1.165, 1.54) is 0 Å². The summed E-state index contributed by atoms with van der Waals surface area (Å²) in [6.45, 7) is 5.59. The third kappa shape index (κ3) is 4.05. The molecule has 1 unspecified atom stereocenters. The van der Waals surface area contributed by atoms with E-state index in [2.05, 4.69) is 20.6 Å². The number of aliphatic hydroxyl groups is 1. The van der Waals surface area contributed by atoms with Crippen LogP contribution in [0.4, 0.5) is 11.6 Å². The van der Waals surface area contributed by atoms with Crippen LogP contribution in [0.5, 0.6) is 0 Å². The lowest BCUT2D eigenvalue weighted by molar-refractivity contribution is 0.0459. The quantitative estimate of drug-likeness (QED) is 0.703. The SMILES string of the molecule is CCNc1cn2ccnc2c(NCC(C)(O)CN(C)C)n1. The molecule has 2 aromatic rings. The molecule has 0 aromatic carbocycles. The molecule has 7 heteroatoms. The molecule has 3 N–H and O–H groups in total. The maximum absolute atomic E-state index is 10.4. The van der Waals surface area contributed by atoms with Gasteiger partial charge in [0.1, 0.15) is 5.82 Å². The van der Waals surface area contributed by atoms with Crippen molar-refractivity contribution in [3.63, 3.8) is 0 Å². The van der Waals surface area contributed by atoms with Crippen molar-refractivity contribution < 1.29 is 5.11 Å². The molecule has 0 aliphatic rings. The molecule has 0 saturated heterocycles. The molecule has 7 nitrogen and oxygen atoms in total. The van der Waals surface area contributed by atoms with Crippen molar-refractivity contribution in [2.45, 2.75) is 19.4 Å². The summed E-state index contributed by atoms with van der Waals surface area (Å²) in [5.41, 5.74) is -0.0968. The molecule has 2 aromatic heterocycles. The molecule has 116 valence electrons. The molecule has 2 rings (SSSR count). The Morgan fingerprint density at radius 2 is 2.14 bits per heavy atom. The fourth-order valence-electron chi connectivity index (χ4n) is 2.33. The van der Waals surface area contributed by atoms with Gasteiger partial charge in [-0.2, -0.15) is 0 Å². The topological polar surface area (TPSA) is 77.7 Å². The van der Waals surface area contributed by atoms with Gasteiger partial charge in [0, 0.05) is 32.0 Å². The van der Waals surface area contributed by atoms with Crippen LogP contribution in [0.3, 0.4) is 0 Å². The van der Waals surface area contributed by atoms with Crippen LogP contribution in [-0.4, -0.2) is 63.7 Å². The number of anilines is 2. The van der Waals surface area contributed by atoms with Gasteiger partial charge in [0.05, 0.1) is 11.8 Å². The number of imidazole rings is 1. The van der Waals surface area contributed by atoms with Crippen LogP contribution in [0.15, 0.2) is 18.6 Å². The van der Waals surface area contributed by atoms with E-state index in [1.54, 1.807) is 13.1 Å². The highest BCUT2D eigenvalue weighted by Crippen LogP contribution is 2.17. The molecule has 2 heterocycles. The molecular formula is C14H24N6O. The molecule has 0 saturated carbocycles. The smallest absolute Gasteiger partial charge is 0.180 e. The van der Waals surface area contributed by atoms with E-state index in [0.29, 0.717) is 18.9 Å². The Labute approximate surface area is 125 Å². The first-order chi connectivity index (χ1) is 9.91. The molecule has 0 spiro atoms. The summed E-state index contributed by atoms with van der Waals surface area (Å²) in [4.78, 5) is 10.8. The second-order valence-electron chi connectivity index (χ2n) is 5.75. The first-order valence-electron chi connectivity index (χ1n) is 7.10. The van der Waals surface area contributed by atoms with Crippen LogP contribution in [0.1, 0.15) is 13.8 Å². The zero-order chi connectivity index (χ0) is 15.5. The van der Waals surface area contributed by atoms with E-state index in [1.807, 2.05) is 42.7 Å². The fraction of sp³-hybridized carbons (Fsp3) is 0.571. The molecule has 0 aliphatic heterocycles. The Morgan fingerprint density at radius 1 is 1.38 bits per heavy atom. The number of nitrogens with one attached hydrogen (secondary N) is 2. The van der Waals surface area contributed by atoms with Crippen LogP contribution >= 0.6 is 0 Å². The lowest BCUT2D eigenvalue weighted by Gasteiger charge is -2.27. The van der Waals surface area contributed by atoms with Gasteiger partial charge in [-0.3, -0.25) is 0 Å². The zero-order valence-electron chi connectivity index (χ0n) is 13.1. The highest BCUT2D eigenvalue weighted by molar-refractivity contribution is 5.65. The van der Waals surface area contributed by atoms with Gasteiger partial charge >= 0.3 is 0 Å². The van der Waals surface area contributed by atoms with E-state index < -0.39 is 5.60 Å². The van der Waals surface area contributed by atoms with E-state index in [0.717, 1.165) is 18.0 Å². The summed E-state index contributed by atoms with van der Waals surface area (Å²) in [6, 6.07) is 0. The van der Waals surface area contributed by atoms with Crippen molar-refractivity contribution in [2.75, 3.05) is 44.4 Å². The molecule has 0 amide bonds. The van der Waals surface area contributed by atoms with Crippen molar-refractivity contribution in [2.24, 2.45) is 0 Å².